The maximum Gasteiger partial charge on any atom is 0.0412 e. The van der Waals surface area contributed by atoms with Crippen LogP contribution in [0.25, 0.3) is 17.7 Å². The summed E-state index contributed by atoms with van der Waals surface area (Å²) in [5.41, 5.74) is 6.23. The normalized spacial score (nSPS) is 16.1. The van der Waals surface area contributed by atoms with E-state index in [2.05, 4.69) is 80.5 Å². The molecule has 2 heteroatoms. The van der Waals surface area contributed by atoms with Crippen LogP contribution in [-0.4, -0.2) is 25.5 Å². The Bertz CT molecular complexity index is 771. The molecule has 1 unspecified atom stereocenters. The van der Waals surface area contributed by atoms with E-state index in [0.29, 0.717) is 5.92 Å². The van der Waals surface area contributed by atoms with Gasteiger partial charge in [0.15, 0.2) is 0 Å². The average molecular weight is 324 g/mol. The summed E-state index contributed by atoms with van der Waals surface area (Å²) in [5, 5.41) is 0.780. The Morgan fingerprint density at radius 2 is 1.70 bits per heavy atom. The molecule has 0 bridgehead atoms. The van der Waals surface area contributed by atoms with E-state index in [-0.39, 0.29) is 0 Å². The Kier molecular flexibility index (Phi) is 4.70. The van der Waals surface area contributed by atoms with Crippen molar-refractivity contribution in [1.82, 2.24) is 4.90 Å². The molecule has 2 aromatic rings. The Hall–Kier alpha value is -1.83. The second-order valence-electron chi connectivity index (χ2n) is 6.47. The standard InChI is InChI=1S/C21H22ClN/c1-15(14-23(2)3)12-21-19-7-5-4-6-16(19)8-9-17-10-11-18(22)13-20(17)21/h4-13,15H,14H2,1-3H3/b21-12-. The number of hydrogen-bond acceptors (Lipinski definition) is 1. The molecule has 1 nitrogen and oxygen atoms in total. The van der Waals surface area contributed by atoms with Gasteiger partial charge in [-0.1, -0.05) is 67.1 Å². The summed E-state index contributed by atoms with van der Waals surface area (Å²) in [6.45, 7) is 3.28. The fourth-order valence-electron chi connectivity index (χ4n) is 3.21. The minimum Gasteiger partial charge on any atom is -0.309 e. The molecule has 1 atom stereocenters. The third kappa shape index (κ3) is 3.57. The summed E-state index contributed by atoms with van der Waals surface area (Å²) in [7, 11) is 4.23. The quantitative estimate of drug-likeness (QED) is 0.619. The zero-order valence-electron chi connectivity index (χ0n) is 13.9. The molecule has 1 aliphatic carbocycles. The average Bonchev–Trinajstić information content (AvgIpc) is 2.65. The van der Waals surface area contributed by atoms with Gasteiger partial charge in [-0.3, -0.25) is 0 Å². The van der Waals surface area contributed by atoms with Gasteiger partial charge in [0.05, 0.1) is 0 Å². The van der Waals surface area contributed by atoms with Gasteiger partial charge in [0.1, 0.15) is 0 Å². The van der Waals surface area contributed by atoms with Gasteiger partial charge in [0, 0.05) is 11.6 Å². The number of nitrogens with zero attached hydrogens (tertiary/aromatic N) is 1. The van der Waals surface area contributed by atoms with E-state index in [1.807, 2.05) is 6.07 Å². The molecule has 0 spiro atoms. The number of hydrogen-bond donors (Lipinski definition) is 0. The zero-order chi connectivity index (χ0) is 16.4. The van der Waals surface area contributed by atoms with Crippen LogP contribution < -0.4 is 0 Å². The molecule has 3 rings (SSSR count). The Morgan fingerprint density at radius 3 is 2.43 bits per heavy atom. The lowest BCUT2D eigenvalue weighted by Gasteiger charge is -2.18. The van der Waals surface area contributed by atoms with Crippen LogP contribution in [0.4, 0.5) is 0 Å². The molecule has 0 fully saturated rings. The largest absolute Gasteiger partial charge is 0.309 e. The van der Waals surface area contributed by atoms with Crippen LogP contribution in [0.5, 0.6) is 0 Å². The summed E-state index contributed by atoms with van der Waals surface area (Å²) < 4.78 is 0. The highest BCUT2D eigenvalue weighted by atomic mass is 35.5. The van der Waals surface area contributed by atoms with Crippen molar-refractivity contribution in [1.29, 1.82) is 0 Å². The molecule has 118 valence electrons. The highest BCUT2D eigenvalue weighted by molar-refractivity contribution is 6.30. The third-order valence-corrected chi connectivity index (χ3v) is 4.34. The number of benzene rings is 2. The smallest absolute Gasteiger partial charge is 0.0412 e. The summed E-state index contributed by atoms with van der Waals surface area (Å²) >= 11 is 6.28. The van der Waals surface area contributed by atoms with Crippen LogP contribution in [0.2, 0.25) is 5.02 Å². The fourth-order valence-corrected chi connectivity index (χ4v) is 3.38. The predicted octanol–water partition coefficient (Wildman–Crippen LogP) is 5.45. The van der Waals surface area contributed by atoms with E-state index in [0.717, 1.165) is 11.6 Å². The molecule has 0 heterocycles. The van der Waals surface area contributed by atoms with Gasteiger partial charge in [-0.15, -0.1) is 0 Å². The first kappa shape index (κ1) is 16.0. The number of halogens is 1. The van der Waals surface area contributed by atoms with Crippen molar-refractivity contribution in [2.24, 2.45) is 5.92 Å². The second-order valence-corrected chi connectivity index (χ2v) is 6.91. The van der Waals surface area contributed by atoms with Crippen molar-refractivity contribution < 1.29 is 0 Å². The van der Waals surface area contributed by atoms with Crippen LogP contribution in [0, 0.1) is 5.92 Å². The maximum absolute atomic E-state index is 6.28. The molecule has 0 aromatic heterocycles. The van der Waals surface area contributed by atoms with Crippen molar-refractivity contribution in [2.45, 2.75) is 6.92 Å². The first-order chi connectivity index (χ1) is 11.0. The van der Waals surface area contributed by atoms with Gasteiger partial charge < -0.3 is 4.90 Å². The third-order valence-electron chi connectivity index (χ3n) is 4.10. The first-order valence-corrected chi connectivity index (χ1v) is 8.36. The molecule has 0 amide bonds. The van der Waals surface area contributed by atoms with E-state index in [1.54, 1.807) is 0 Å². The summed E-state index contributed by atoms with van der Waals surface area (Å²) in [6, 6.07) is 14.7. The molecule has 2 aromatic carbocycles. The summed E-state index contributed by atoms with van der Waals surface area (Å²) in [4.78, 5) is 2.22. The molecule has 0 aliphatic heterocycles. The molecule has 1 aliphatic rings. The maximum atomic E-state index is 6.28. The van der Waals surface area contributed by atoms with Crippen molar-refractivity contribution in [3.05, 3.63) is 75.8 Å². The second kappa shape index (κ2) is 6.74. The Labute approximate surface area is 143 Å². The van der Waals surface area contributed by atoms with E-state index >= 15 is 0 Å². The topological polar surface area (TPSA) is 3.24 Å². The Balaban J connectivity index is 2.18. The van der Waals surface area contributed by atoms with Crippen molar-refractivity contribution >= 4 is 29.3 Å². The van der Waals surface area contributed by atoms with E-state index in [4.69, 9.17) is 11.6 Å². The molecule has 23 heavy (non-hydrogen) atoms. The Morgan fingerprint density at radius 1 is 1.00 bits per heavy atom. The van der Waals surface area contributed by atoms with E-state index in [1.165, 1.54) is 27.8 Å². The highest BCUT2D eigenvalue weighted by Gasteiger charge is 2.16. The van der Waals surface area contributed by atoms with Gasteiger partial charge in [-0.05, 0) is 60.0 Å². The number of fused-ring (bicyclic) bond motifs is 2. The van der Waals surface area contributed by atoms with Crippen LogP contribution >= 0.6 is 11.6 Å². The van der Waals surface area contributed by atoms with Gasteiger partial charge in [0.2, 0.25) is 0 Å². The van der Waals surface area contributed by atoms with Gasteiger partial charge in [-0.25, -0.2) is 0 Å². The van der Waals surface area contributed by atoms with Crippen LogP contribution in [0.15, 0.2) is 48.5 Å². The van der Waals surface area contributed by atoms with E-state index in [9.17, 15) is 0 Å². The van der Waals surface area contributed by atoms with E-state index < -0.39 is 0 Å². The van der Waals surface area contributed by atoms with Gasteiger partial charge in [-0.2, -0.15) is 0 Å². The monoisotopic (exact) mass is 323 g/mol. The summed E-state index contributed by atoms with van der Waals surface area (Å²) in [6.07, 6.45) is 6.75. The van der Waals surface area contributed by atoms with Crippen molar-refractivity contribution in [3.8, 4) is 0 Å². The zero-order valence-corrected chi connectivity index (χ0v) is 14.6. The lowest BCUT2D eigenvalue weighted by atomic mass is 9.91. The molecule has 0 saturated carbocycles. The van der Waals surface area contributed by atoms with Crippen molar-refractivity contribution in [2.75, 3.05) is 20.6 Å². The van der Waals surface area contributed by atoms with Gasteiger partial charge in [0.25, 0.3) is 0 Å². The van der Waals surface area contributed by atoms with Crippen LogP contribution in [-0.2, 0) is 0 Å². The first-order valence-electron chi connectivity index (χ1n) is 7.98. The van der Waals surface area contributed by atoms with Crippen molar-refractivity contribution in [3.63, 3.8) is 0 Å². The lowest BCUT2D eigenvalue weighted by molar-refractivity contribution is 0.371. The van der Waals surface area contributed by atoms with Gasteiger partial charge >= 0.3 is 0 Å². The minimum atomic E-state index is 0.456. The SMILES string of the molecule is CC(/C=C1/c2ccccc2C=Cc2ccc(Cl)cc21)CN(C)C. The fraction of sp³-hybridized carbons (Fsp3) is 0.238. The molecule has 0 saturated heterocycles. The van der Waals surface area contributed by atoms with Crippen LogP contribution in [0.1, 0.15) is 29.2 Å². The molecule has 0 radical (unpaired) electrons. The molecular weight excluding hydrogens is 302 g/mol. The highest BCUT2D eigenvalue weighted by Crippen LogP contribution is 2.35. The van der Waals surface area contributed by atoms with Crippen LogP contribution in [0.3, 0.4) is 0 Å². The summed E-state index contributed by atoms with van der Waals surface area (Å²) in [5.74, 6) is 0.456. The molecular formula is C21H22ClN. The predicted molar refractivity (Wildman–Crippen MR) is 102 cm³/mol. The minimum absolute atomic E-state index is 0.456. The lowest BCUT2D eigenvalue weighted by Crippen LogP contribution is -2.18. The molecule has 0 N–H and O–H groups in total. The number of rotatable bonds is 3.